The second-order valence-electron chi connectivity index (χ2n) is 8.50. The number of nitrogens with zero attached hydrogens (tertiary/aromatic N) is 3. The van der Waals surface area contributed by atoms with Gasteiger partial charge in [-0.05, 0) is 51.3 Å². The van der Waals surface area contributed by atoms with Gasteiger partial charge in [0.05, 0.1) is 44.2 Å². The largest absolute Gasteiger partial charge is 0.503 e. The molecule has 214 valence electrons. The van der Waals surface area contributed by atoms with E-state index < -0.39 is 23.5 Å². The number of aliphatic hydroxyl groups excluding tert-OH is 2. The summed E-state index contributed by atoms with van der Waals surface area (Å²) in [6.45, 7) is 9.54. The van der Waals surface area contributed by atoms with Crippen molar-refractivity contribution in [3.05, 3.63) is 48.5 Å². The first-order valence-corrected chi connectivity index (χ1v) is 12.2. The molecule has 0 radical (unpaired) electrons. The van der Waals surface area contributed by atoms with Gasteiger partial charge in [0.25, 0.3) is 5.91 Å². The van der Waals surface area contributed by atoms with E-state index in [2.05, 4.69) is 11.9 Å². The molecular weight excluding hydrogens is 497 g/mol. The van der Waals surface area contributed by atoms with Crippen LogP contribution in [-0.2, 0) is 19.1 Å². The van der Waals surface area contributed by atoms with Crippen LogP contribution < -0.4 is 5.32 Å². The van der Waals surface area contributed by atoms with Crippen molar-refractivity contribution in [2.45, 2.75) is 45.8 Å². The molecular formula is C26H42FN5O6. The standard InChI is InChI=1S/C18H30N4O5.C8H12FNO/c1-6-15(23)16(24)22(12(3)19)10-14-9-8-13(11-27-14)21(7-2)18(26)17(25)20(4)5;1-2-8(4-3-5-9)6-10-7-11/h6,13-14,19,23H,7-11H2,1-5H3;2-5,10-11H,1,6-7H2/b15-6-,19-12?;5-3+,8-4+. The smallest absolute Gasteiger partial charge is 0.312 e. The summed E-state index contributed by atoms with van der Waals surface area (Å²) in [5.41, 5.74) is 0.827. The normalized spacial score (nSPS) is 17.8. The van der Waals surface area contributed by atoms with E-state index in [0.717, 1.165) is 5.57 Å². The molecule has 1 fully saturated rings. The van der Waals surface area contributed by atoms with Gasteiger partial charge >= 0.3 is 11.8 Å². The lowest BCUT2D eigenvalue weighted by Gasteiger charge is -2.37. The van der Waals surface area contributed by atoms with Crippen molar-refractivity contribution >= 4 is 23.6 Å². The number of amides is 3. The average molecular weight is 540 g/mol. The third-order valence-electron chi connectivity index (χ3n) is 5.59. The number of amidine groups is 1. The minimum atomic E-state index is -0.641. The lowest BCUT2D eigenvalue weighted by atomic mass is 10.0. The fourth-order valence-corrected chi connectivity index (χ4v) is 3.46. The molecule has 0 bridgehead atoms. The highest BCUT2D eigenvalue weighted by Gasteiger charge is 2.33. The summed E-state index contributed by atoms with van der Waals surface area (Å²) in [4.78, 5) is 40.3. The van der Waals surface area contributed by atoms with Crippen LogP contribution in [0.5, 0.6) is 0 Å². The fraction of sp³-hybridized carbons (Fsp3) is 0.538. The monoisotopic (exact) mass is 539 g/mol. The van der Waals surface area contributed by atoms with Crippen LogP contribution in [0.4, 0.5) is 4.39 Å². The van der Waals surface area contributed by atoms with E-state index in [1.807, 2.05) is 6.92 Å². The summed E-state index contributed by atoms with van der Waals surface area (Å²) in [5, 5.41) is 28.4. The molecule has 2 unspecified atom stereocenters. The third-order valence-corrected chi connectivity index (χ3v) is 5.59. The van der Waals surface area contributed by atoms with Gasteiger partial charge in [-0.1, -0.05) is 18.7 Å². The molecule has 1 aliphatic heterocycles. The topological polar surface area (TPSA) is 146 Å². The Morgan fingerprint density at radius 1 is 1.21 bits per heavy atom. The van der Waals surface area contributed by atoms with Crippen molar-refractivity contribution in [2.24, 2.45) is 0 Å². The maximum absolute atomic E-state index is 12.3. The Labute approximate surface area is 224 Å². The summed E-state index contributed by atoms with van der Waals surface area (Å²) in [7, 11) is 3.07. The van der Waals surface area contributed by atoms with E-state index in [4.69, 9.17) is 15.3 Å². The van der Waals surface area contributed by atoms with E-state index in [-0.39, 0.29) is 37.9 Å². The van der Waals surface area contributed by atoms with Crippen molar-refractivity contribution in [1.82, 2.24) is 20.0 Å². The predicted octanol–water partition coefficient (Wildman–Crippen LogP) is 1.88. The molecule has 1 aliphatic rings. The highest BCUT2D eigenvalue weighted by Crippen LogP contribution is 2.20. The summed E-state index contributed by atoms with van der Waals surface area (Å²) in [5.74, 6) is -2.17. The number of hydrogen-bond acceptors (Lipinski definition) is 8. The predicted molar refractivity (Wildman–Crippen MR) is 144 cm³/mol. The minimum Gasteiger partial charge on any atom is -0.503 e. The van der Waals surface area contributed by atoms with E-state index in [9.17, 15) is 23.9 Å². The summed E-state index contributed by atoms with van der Waals surface area (Å²) < 4.78 is 17.3. The Hall–Kier alpha value is -3.35. The maximum atomic E-state index is 12.3. The first-order valence-electron chi connectivity index (χ1n) is 12.2. The number of nitrogens with one attached hydrogen (secondary N) is 2. The van der Waals surface area contributed by atoms with E-state index in [1.54, 1.807) is 12.2 Å². The van der Waals surface area contributed by atoms with Gasteiger partial charge in [0.1, 0.15) is 0 Å². The quantitative estimate of drug-likeness (QED) is 0.0631. The van der Waals surface area contributed by atoms with Crippen LogP contribution in [0.25, 0.3) is 0 Å². The average Bonchev–Trinajstić information content (AvgIpc) is 2.91. The van der Waals surface area contributed by atoms with Gasteiger partial charge < -0.3 is 24.7 Å². The molecule has 0 aromatic rings. The number of carbonyl (C=O) groups is 3. The van der Waals surface area contributed by atoms with Gasteiger partial charge in [-0.2, -0.15) is 0 Å². The lowest BCUT2D eigenvalue weighted by molar-refractivity contribution is -0.154. The molecule has 1 heterocycles. The molecule has 11 nitrogen and oxygen atoms in total. The summed E-state index contributed by atoms with van der Waals surface area (Å²) in [6.07, 6.45) is 7.06. The Morgan fingerprint density at radius 2 is 1.87 bits per heavy atom. The summed E-state index contributed by atoms with van der Waals surface area (Å²) in [6, 6.07) is -0.211. The lowest BCUT2D eigenvalue weighted by Crippen LogP contribution is -2.52. The van der Waals surface area contributed by atoms with Gasteiger partial charge in [-0.3, -0.25) is 30.0 Å². The zero-order chi connectivity index (χ0) is 29.3. The van der Waals surface area contributed by atoms with E-state index in [0.29, 0.717) is 32.3 Å². The second-order valence-corrected chi connectivity index (χ2v) is 8.50. The number of allylic oxidation sites excluding steroid dienone is 3. The van der Waals surface area contributed by atoms with Gasteiger partial charge in [0, 0.05) is 27.2 Å². The maximum Gasteiger partial charge on any atom is 0.312 e. The van der Waals surface area contributed by atoms with Crippen LogP contribution in [0.3, 0.4) is 0 Å². The molecule has 12 heteroatoms. The second kappa shape index (κ2) is 18.8. The number of aliphatic hydroxyl groups is 2. The van der Waals surface area contributed by atoms with Crippen molar-refractivity contribution in [3.8, 4) is 0 Å². The SMILES string of the molecule is C/C=C(\O)C(=O)N(CC1CCC(N(CC)C(=O)C(=O)N(C)C)CO1)C(C)=N.C=C/C(=C\C=C\F)CNCO. The molecule has 4 N–H and O–H groups in total. The van der Waals surface area contributed by atoms with Crippen molar-refractivity contribution < 1.29 is 33.7 Å². The molecule has 0 aromatic carbocycles. The van der Waals surface area contributed by atoms with Crippen molar-refractivity contribution in [2.75, 3.05) is 47.1 Å². The Morgan fingerprint density at radius 3 is 2.29 bits per heavy atom. The molecule has 1 rings (SSSR count). The molecule has 1 saturated heterocycles. The zero-order valence-electron chi connectivity index (χ0n) is 22.9. The van der Waals surface area contributed by atoms with Crippen LogP contribution in [0, 0.1) is 5.41 Å². The molecule has 0 spiro atoms. The highest BCUT2D eigenvalue weighted by molar-refractivity contribution is 6.34. The van der Waals surface area contributed by atoms with E-state index in [1.165, 1.54) is 54.8 Å². The first kappa shape index (κ1) is 34.6. The minimum absolute atomic E-state index is 0.0149. The van der Waals surface area contributed by atoms with Crippen molar-refractivity contribution in [1.29, 1.82) is 5.41 Å². The zero-order valence-corrected chi connectivity index (χ0v) is 22.9. The van der Waals surface area contributed by atoms with Crippen LogP contribution in [-0.4, -0.2) is 108 Å². The van der Waals surface area contributed by atoms with Gasteiger partial charge in [-0.15, -0.1) is 0 Å². The van der Waals surface area contributed by atoms with Gasteiger partial charge in [-0.25, -0.2) is 4.39 Å². The number of rotatable bonds is 10. The Balaban J connectivity index is 0.00000105. The molecule has 0 aliphatic carbocycles. The third kappa shape index (κ3) is 11.8. The Bertz CT molecular complexity index is 895. The summed E-state index contributed by atoms with van der Waals surface area (Å²) >= 11 is 0. The first-order chi connectivity index (χ1) is 18.0. The molecule has 2 atom stereocenters. The van der Waals surface area contributed by atoms with Gasteiger partial charge in [0.15, 0.2) is 5.76 Å². The van der Waals surface area contributed by atoms with Crippen LogP contribution in [0.1, 0.15) is 33.6 Å². The van der Waals surface area contributed by atoms with Crippen molar-refractivity contribution in [3.63, 3.8) is 0 Å². The number of hydrogen-bond donors (Lipinski definition) is 4. The number of likely N-dealkylation sites (N-methyl/N-ethyl adjacent to an activating group) is 2. The number of ether oxygens (including phenoxy) is 1. The number of halogens is 1. The Kier molecular flexibility index (Phi) is 17.2. The molecule has 3 amide bonds. The molecule has 0 aromatic heterocycles. The van der Waals surface area contributed by atoms with Crippen LogP contribution >= 0.6 is 0 Å². The highest BCUT2D eigenvalue weighted by atomic mass is 19.1. The van der Waals surface area contributed by atoms with Crippen LogP contribution in [0.15, 0.2) is 48.5 Å². The molecule has 38 heavy (non-hydrogen) atoms. The molecule has 0 saturated carbocycles. The fourth-order valence-electron chi connectivity index (χ4n) is 3.46. The number of carbonyl (C=O) groups excluding carboxylic acids is 3. The van der Waals surface area contributed by atoms with Crippen LogP contribution in [0.2, 0.25) is 0 Å². The van der Waals surface area contributed by atoms with Gasteiger partial charge in [0.2, 0.25) is 0 Å². The van der Waals surface area contributed by atoms with E-state index >= 15 is 0 Å².